The van der Waals surface area contributed by atoms with Crippen molar-refractivity contribution in [2.45, 2.75) is 39.5 Å². The monoisotopic (exact) mass is 343 g/mol. The van der Waals surface area contributed by atoms with Crippen LogP contribution in [0.2, 0.25) is 0 Å². The van der Waals surface area contributed by atoms with E-state index in [2.05, 4.69) is 5.32 Å². The third-order valence-corrected chi connectivity index (χ3v) is 3.48. The number of methoxy groups -OCH3 is 1. The van der Waals surface area contributed by atoms with Crippen molar-refractivity contribution in [3.63, 3.8) is 0 Å². The second-order valence-electron chi connectivity index (χ2n) is 5.94. The van der Waals surface area contributed by atoms with Crippen LogP contribution in [0.15, 0.2) is 48.5 Å². The molecule has 0 heterocycles. The second kappa shape index (κ2) is 8.97. The first-order valence-electron chi connectivity index (χ1n) is 8.32. The van der Waals surface area contributed by atoms with E-state index in [0.29, 0.717) is 23.8 Å². The highest BCUT2D eigenvalue weighted by atomic mass is 16.5. The van der Waals surface area contributed by atoms with Gasteiger partial charge in [0.15, 0.2) is 17.6 Å². The Morgan fingerprint density at radius 2 is 1.72 bits per heavy atom. The molecule has 0 saturated carbocycles. The molecule has 2 aromatic rings. The zero-order valence-electron chi connectivity index (χ0n) is 15.1. The fourth-order valence-electron chi connectivity index (χ4n) is 2.26. The Morgan fingerprint density at radius 3 is 2.36 bits per heavy atom. The van der Waals surface area contributed by atoms with E-state index in [1.807, 2.05) is 62.4 Å². The van der Waals surface area contributed by atoms with Crippen molar-refractivity contribution in [2.75, 3.05) is 7.11 Å². The Morgan fingerprint density at radius 1 is 1.00 bits per heavy atom. The largest absolute Gasteiger partial charge is 0.493 e. The summed E-state index contributed by atoms with van der Waals surface area (Å²) in [7, 11) is 1.60. The van der Waals surface area contributed by atoms with Gasteiger partial charge in [-0.05, 0) is 50.6 Å². The highest BCUT2D eigenvalue weighted by Crippen LogP contribution is 2.28. The van der Waals surface area contributed by atoms with Crippen molar-refractivity contribution in [2.24, 2.45) is 0 Å². The third-order valence-electron chi connectivity index (χ3n) is 3.48. The fraction of sp³-hybridized carbons (Fsp3) is 0.350. The number of nitrogens with one attached hydrogen (secondary N) is 1. The summed E-state index contributed by atoms with van der Waals surface area (Å²) in [6.07, 6.45) is -0.511. The first-order chi connectivity index (χ1) is 12.0. The van der Waals surface area contributed by atoms with Crippen LogP contribution < -0.4 is 19.5 Å². The molecule has 0 fully saturated rings. The number of ether oxygens (including phenoxy) is 3. The Labute approximate surface area is 148 Å². The van der Waals surface area contributed by atoms with Crippen LogP contribution in [-0.2, 0) is 11.3 Å². The van der Waals surface area contributed by atoms with Gasteiger partial charge in [-0.3, -0.25) is 4.79 Å². The molecule has 0 bridgehead atoms. The molecule has 5 nitrogen and oxygen atoms in total. The van der Waals surface area contributed by atoms with Crippen molar-refractivity contribution >= 4 is 5.91 Å². The number of hydrogen-bond acceptors (Lipinski definition) is 4. The Hall–Kier alpha value is -2.69. The molecule has 1 atom stereocenters. The smallest absolute Gasteiger partial charge is 0.261 e. The van der Waals surface area contributed by atoms with Gasteiger partial charge >= 0.3 is 0 Å². The number of benzene rings is 2. The van der Waals surface area contributed by atoms with E-state index in [4.69, 9.17) is 14.2 Å². The van der Waals surface area contributed by atoms with E-state index < -0.39 is 6.10 Å². The van der Waals surface area contributed by atoms with Gasteiger partial charge in [0.1, 0.15) is 5.75 Å². The number of amides is 1. The summed E-state index contributed by atoms with van der Waals surface area (Å²) >= 11 is 0. The van der Waals surface area contributed by atoms with Gasteiger partial charge in [0.2, 0.25) is 0 Å². The molecule has 0 spiro atoms. The maximum absolute atomic E-state index is 12.2. The maximum atomic E-state index is 12.2. The van der Waals surface area contributed by atoms with E-state index in [1.165, 1.54) is 0 Å². The molecule has 0 saturated heterocycles. The van der Waals surface area contributed by atoms with Crippen LogP contribution in [0.5, 0.6) is 17.2 Å². The highest BCUT2D eigenvalue weighted by Gasteiger charge is 2.15. The summed E-state index contributed by atoms with van der Waals surface area (Å²) in [4.78, 5) is 12.2. The summed E-state index contributed by atoms with van der Waals surface area (Å²) in [5, 5.41) is 2.87. The molecule has 1 amide bonds. The SMILES string of the molecule is COc1cc(CNC(=O)[C@@H](C)Oc2ccccc2)ccc1OC(C)C. The number of carbonyl (C=O) groups is 1. The van der Waals surface area contributed by atoms with Crippen molar-refractivity contribution in [3.8, 4) is 17.2 Å². The van der Waals surface area contributed by atoms with Crippen molar-refractivity contribution in [1.82, 2.24) is 5.32 Å². The summed E-state index contributed by atoms with van der Waals surface area (Å²) in [6, 6.07) is 14.9. The average Bonchev–Trinajstić information content (AvgIpc) is 2.60. The predicted molar refractivity (Wildman–Crippen MR) is 97.1 cm³/mol. The van der Waals surface area contributed by atoms with Gasteiger partial charge in [0, 0.05) is 6.54 Å². The van der Waals surface area contributed by atoms with E-state index in [9.17, 15) is 4.79 Å². The molecule has 134 valence electrons. The molecule has 1 N–H and O–H groups in total. The van der Waals surface area contributed by atoms with Gasteiger partial charge in [-0.1, -0.05) is 24.3 Å². The minimum absolute atomic E-state index is 0.0652. The standard InChI is InChI=1S/C20H25NO4/c1-14(2)24-18-11-10-16(12-19(18)23-4)13-21-20(22)15(3)25-17-8-6-5-7-9-17/h5-12,14-15H,13H2,1-4H3,(H,21,22)/t15-/m1/s1. The van der Waals surface area contributed by atoms with E-state index in [1.54, 1.807) is 14.0 Å². The van der Waals surface area contributed by atoms with E-state index in [-0.39, 0.29) is 12.0 Å². The lowest BCUT2D eigenvalue weighted by Gasteiger charge is -2.16. The molecule has 2 rings (SSSR count). The lowest BCUT2D eigenvalue weighted by atomic mass is 10.2. The van der Waals surface area contributed by atoms with Crippen molar-refractivity contribution in [1.29, 1.82) is 0 Å². The molecule has 0 aliphatic rings. The van der Waals surface area contributed by atoms with Crippen LogP contribution >= 0.6 is 0 Å². The van der Waals surface area contributed by atoms with Crippen LogP contribution in [0.3, 0.4) is 0 Å². The van der Waals surface area contributed by atoms with Crippen molar-refractivity contribution in [3.05, 3.63) is 54.1 Å². The van der Waals surface area contributed by atoms with Crippen LogP contribution in [0.1, 0.15) is 26.3 Å². The minimum atomic E-state index is -0.576. The zero-order valence-corrected chi connectivity index (χ0v) is 15.1. The summed E-state index contributed by atoms with van der Waals surface area (Å²) in [5.74, 6) is 1.83. The molecule has 2 aromatic carbocycles. The van der Waals surface area contributed by atoms with Gasteiger partial charge in [-0.15, -0.1) is 0 Å². The normalized spacial score (nSPS) is 11.7. The van der Waals surface area contributed by atoms with E-state index in [0.717, 1.165) is 5.56 Å². The zero-order chi connectivity index (χ0) is 18.2. The van der Waals surface area contributed by atoms with Gasteiger partial charge in [0.05, 0.1) is 13.2 Å². The number of para-hydroxylation sites is 1. The van der Waals surface area contributed by atoms with E-state index >= 15 is 0 Å². The molecule has 0 aromatic heterocycles. The number of rotatable bonds is 8. The lowest BCUT2D eigenvalue weighted by Crippen LogP contribution is -2.35. The molecule has 0 unspecified atom stereocenters. The van der Waals surface area contributed by atoms with Crippen molar-refractivity contribution < 1.29 is 19.0 Å². The third kappa shape index (κ3) is 5.71. The van der Waals surface area contributed by atoms with Crippen LogP contribution in [0.25, 0.3) is 0 Å². The minimum Gasteiger partial charge on any atom is -0.493 e. The average molecular weight is 343 g/mol. The molecular formula is C20H25NO4. The molecule has 5 heteroatoms. The Kier molecular flexibility index (Phi) is 6.69. The van der Waals surface area contributed by atoms with Crippen LogP contribution in [0, 0.1) is 0 Å². The first kappa shape index (κ1) is 18.6. The first-order valence-corrected chi connectivity index (χ1v) is 8.32. The molecule has 0 radical (unpaired) electrons. The fourth-order valence-corrected chi connectivity index (χ4v) is 2.26. The summed E-state index contributed by atoms with van der Waals surface area (Å²) < 4.78 is 16.7. The highest BCUT2D eigenvalue weighted by molar-refractivity contribution is 5.80. The summed E-state index contributed by atoms with van der Waals surface area (Å²) in [5.41, 5.74) is 0.924. The van der Waals surface area contributed by atoms with Gasteiger partial charge in [0.25, 0.3) is 5.91 Å². The molecule has 0 aliphatic carbocycles. The predicted octanol–water partition coefficient (Wildman–Crippen LogP) is 3.57. The summed E-state index contributed by atoms with van der Waals surface area (Å²) in [6.45, 7) is 6.03. The topological polar surface area (TPSA) is 56.8 Å². The van der Waals surface area contributed by atoms with Crippen LogP contribution in [0.4, 0.5) is 0 Å². The molecular weight excluding hydrogens is 318 g/mol. The quantitative estimate of drug-likeness (QED) is 0.796. The molecule has 25 heavy (non-hydrogen) atoms. The second-order valence-corrected chi connectivity index (χ2v) is 5.94. The molecule has 0 aliphatic heterocycles. The Balaban J connectivity index is 1.92. The lowest BCUT2D eigenvalue weighted by molar-refractivity contribution is -0.127. The number of hydrogen-bond donors (Lipinski definition) is 1. The Bertz CT molecular complexity index is 685. The van der Waals surface area contributed by atoms with Gasteiger partial charge in [-0.2, -0.15) is 0 Å². The van der Waals surface area contributed by atoms with Gasteiger partial charge in [-0.25, -0.2) is 0 Å². The van der Waals surface area contributed by atoms with Gasteiger partial charge < -0.3 is 19.5 Å². The van der Waals surface area contributed by atoms with Crippen LogP contribution in [-0.4, -0.2) is 25.2 Å². The number of carbonyl (C=O) groups excluding carboxylic acids is 1. The maximum Gasteiger partial charge on any atom is 0.261 e.